The van der Waals surface area contributed by atoms with Crippen molar-refractivity contribution in [2.75, 3.05) is 6.61 Å². The van der Waals surface area contributed by atoms with Gasteiger partial charge in [-0.3, -0.25) is 4.79 Å². The minimum absolute atomic E-state index is 0.00973. The second-order valence-electron chi connectivity index (χ2n) is 7.26. The van der Waals surface area contributed by atoms with Crippen LogP contribution in [0.15, 0.2) is 0 Å². The molecule has 2 nitrogen and oxygen atoms in total. The van der Waals surface area contributed by atoms with Crippen molar-refractivity contribution in [2.24, 2.45) is 29.1 Å². The van der Waals surface area contributed by atoms with Crippen LogP contribution < -0.4 is 0 Å². The maximum absolute atomic E-state index is 12.1. The maximum Gasteiger partial charge on any atom is 0.311 e. The zero-order valence-electron chi connectivity index (χ0n) is 13.1. The van der Waals surface area contributed by atoms with Gasteiger partial charge in [-0.1, -0.05) is 26.7 Å². The van der Waals surface area contributed by atoms with Crippen molar-refractivity contribution in [1.82, 2.24) is 0 Å². The van der Waals surface area contributed by atoms with Crippen LogP contribution in [-0.2, 0) is 9.53 Å². The fourth-order valence-corrected chi connectivity index (χ4v) is 4.11. The molecule has 2 aliphatic rings. The highest BCUT2D eigenvalue weighted by molar-refractivity contribution is 5.75. The second kappa shape index (κ2) is 5.85. The number of rotatable bonds is 5. The lowest BCUT2D eigenvalue weighted by atomic mass is 9.89. The maximum atomic E-state index is 12.1. The van der Waals surface area contributed by atoms with Crippen LogP contribution in [0.1, 0.15) is 66.2 Å². The minimum atomic E-state index is -0.322. The van der Waals surface area contributed by atoms with Crippen molar-refractivity contribution in [3.05, 3.63) is 0 Å². The number of ether oxygens (including phenoxy) is 1. The van der Waals surface area contributed by atoms with Crippen LogP contribution in [-0.4, -0.2) is 12.6 Å². The first-order valence-electron chi connectivity index (χ1n) is 8.16. The molecular formula is C17H30O2. The minimum Gasteiger partial charge on any atom is -0.465 e. The van der Waals surface area contributed by atoms with E-state index < -0.39 is 0 Å². The summed E-state index contributed by atoms with van der Waals surface area (Å²) in [5, 5.41) is 0. The molecule has 2 fully saturated rings. The zero-order chi connectivity index (χ0) is 14.0. The van der Waals surface area contributed by atoms with Gasteiger partial charge in [-0.2, -0.15) is 0 Å². The fraction of sp³-hybridized carbons (Fsp3) is 0.941. The highest BCUT2D eigenvalue weighted by Gasteiger charge is 2.45. The molecule has 2 rings (SSSR count). The number of esters is 1. The number of fused-ring (bicyclic) bond motifs is 1. The molecule has 2 heteroatoms. The summed E-state index contributed by atoms with van der Waals surface area (Å²) in [7, 11) is 0. The van der Waals surface area contributed by atoms with Crippen molar-refractivity contribution < 1.29 is 9.53 Å². The predicted octanol–water partition coefficient (Wildman–Crippen LogP) is 4.43. The van der Waals surface area contributed by atoms with Gasteiger partial charge in [-0.05, 0) is 63.2 Å². The van der Waals surface area contributed by atoms with Crippen molar-refractivity contribution in [2.45, 2.75) is 66.2 Å². The first-order chi connectivity index (χ1) is 8.99. The summed E-state index contributed by atoms with van der Waals surface area (Å²) in [6, 6.07) is 0. The first kappa shape index (κ1) is 14.9. The SMILES string of the molecule is CCC1CC(COC(=O)C(C)(C)CC)C2CCCC12. The van der Waals surface area contributed by atoms with Crippen LogP contribution in [0, 0.1) is 29.1 Å². The lowest BCUT2D eigenvalue weighted by Gasteiger charge is -2.23. The highest BCUT2D eigenvalue weighted by Crippen LogP contribution is 2.52. The third-order valence-electron chi connectivity index (χ3n) is 5.83. The molecule has 0 spiro atoms. The van der Waals surface area contributed by atoms with Gasteiger partial charge < -0.3 is 4.74 Å². The molecule has 0 saturated heterocycles. The normalized spacial score (nSPS) is 34.3. The van der Waals surface area contributed by atoms with E-state index in [-0.39, 0.29) is 11.4 Å². The van der Waals surface area contributed by atoms with E-state index in [0.717, 1.165) is 24.2 Å². The van der Waals surface area contributed by atoms with E-state index in [9.17, 15) is 4.79 Å². The van der Waals surface area contributed by atoms with Crippen LogP contribution in [0.4, 0.5) is 0 Å². The van der Waals surface area contributed by atoms with Crippen molar-refractivity contribution in [1.29, 1.82) is 0 Å². The van der Waals surface area contributed by atoms with E-state index in [4.69, 9.17) is 4.74 Å². The molecule has 110 valence electrons. The Morgan fingerprint density at radius 1 is 1.16 bits per heavy atom. The monoisotopic (exact) mass is 266 g/mol. The molecule has 19 heavy (non-hydrogen) atoms. The molecule has 0 aromatic carbocycles. The van der Waals surface area contributed by atoms with Crippen LogP contribution in [0.25, 0.3) is 0 Å². The molecule has 0 aromatic heterocycles. The van der Waals surface area contributed by atoms with Crippen molar-refractivity contribution in [3.63, 3.8) is 0 Å². The van der Waals surface area contributed by atoms with Gasteiger partial charge in [0.25, 0.3) is 0 Å². The summed E-state index contributed by atoms with van der Waals surface area (Å²) in [6.45, 7) is 9.00. The average Bonchev–Trinajstić information content (AvgIpc) is 2.98. The van der Waals surface area contributed by atoms with Gasteiger partial charge in [0.05, 0.1) is 12.0 Å². The van der Waals surface area contributed by atoms with Crippen molar-refractivity contribution >= 4 is 5.97 Å². The average molecular weight is 266 g/mol. The van der Waals surface area contributed by atoms with Gasteiger partial charge in [0.2, 0.25) is 0 Å². The standard InChI is InChI=1S/C17H30O2/c1-5-12-10-13(15-9-7-8-14(12)15)11-19-16(18)17(3,4)6-2/h12-15H,5-11H2,1-4H3. The summed E-state index contributed by atoms with van der Waals surface area (Å²) < 4.78 is 5.64. The summed E-state index contributed by atoms with van der Waals surface area (Å²) in [6.07, 6.45) is 7.59. The topological polar surface area (TPSA) is 26.3 Å². The van der Waals surface area contributed by atoms with E-state index in [1.165, 1.54) is 32.1 Å². The smallest absolute Gasteiger partial charge is 0.311 e. The first-order valence-corrected chi connectivity index (χ1v) is 8.16. The zero-order valence-corrected chi connectivity index (χ0v) is 13.1. The molecule has 2 saturated carbocycles. The van der Waals surface area contributed by atoms with Gasteiger partial charge in [0, 0.05) is 0 Å². The van der Waals surface area contributed by atoms with Gasteiger partial charge in [-0.25, -0.2) is 0 Å². The molecular weight excluding hydrogens is 236 g/mol. The van der Waals surface area contributed by atoms with E-state index in [0.29, 0.717) is 12.5 Å². The molecule has 0 radical (unpaired) electrons. The predicted molar refractivity (Wildman–Crippen MR) is 77.8 cm³/mol. The van der Waals surface area contributed by atoms with Crippen LogP contribution in [0.2, 0.25) is 0 Å². The van der Waals surface area contributed by atoms with Crippen LogP contribution >= 0.6 is 0 Å². The molecule has 4 atom stereocenters. The Morgan fingerprint density at radius 2 is 1.79 bits per heavy atom. The third-order valence-corrected chi connectivity index (χ3v) is 5.83. The Hall–Kier alpha value is -0.530. The molecule has 0 N–H and O–H groups in total. The van der Waals surface area contributed by atoms with Gasteiger partial charge in [0.15, 0.2) is 0 Å². The van der Waals surface area contributed by atoms with Crippen LogP contribution in [0.3, 0.4) is 0 Å². The molecule has 0 aliphatic heterocycles. The molecule has 0 amide bonds. The summed E-state index contributed by atoms with van der Waals surface area (Å²) in [5.74, 6) is 3.27. The Kier molecular flexibility index (Phi) is 4.58. The summed E-state index contributed by atoms with van der Waals surface area (Å²) in [4.78, 5) is 12.1. The second-order valence-corrected chi connectivity index (χ2v) is 7.26. The van der Waals surface area contributed by atoms with Gasteiger partial charge >= 0.3 is 5.97 Å². The highest BCUT2D eigenvalue weighted by atomic mass is 16.5. The molecule has 0 aromatic rings. The summed E-state index contributed by atoms with van der Waals surface area (Å²) >= 11 is 0. The van der Waals surface area contributed by atoms with E-state index in [2.05, 4.69) is 13.8 Å². The quantitative estimate of drug-likeness (QED) is 0.688. The lowest BCUT2D eigenvalue weighted by molar-refractivity contribution is -0.156. The summed E-state index contributed by atoms with van der Waals surface area (Å²) in [5.41, 5.74) is -0.322. The third kappa shape index (κ3) is 2.98. The molecule has 2 aliphatic carbocycles. The number of hydrogen-bond acceptors (Lipinski definition) is 2. The number of hydrogen-bond donors (Lipinski definition) is 0. The fourth-order valence-electron chi connectivity index (χ4n) is 4.11. The van der Waals surface area contributed by atoms with E-state index in [1.54, 1.807) is 0 Å². The largest absolute Gasteiger partial charge is 0.465 e. The van der Waals surface area contributed by atoms with E-state index >= 15 is 0 Å². The molecule has 0 heterocycles. The lowest BCUT2D eigenvalue weighted by Crippen LogP contribution is -2.28. The van der Waals surface area contributed by atoms with Crippen molar-refractivity contribution in [3.8, 4) is 0 Å². The van der Waals surface area contributed by atoms with Gasteiger partial charge in [0.1, 0.15) is 0 Å². The number of carbonyl (C=O) groups is 1. The Labute approximate surface area is 118 Å². The van der Waals surface area contributed by atoms with E-state index in [1.807, 2.05) is 13.8 Å². The molecule has 4 unspecified atom stereocenters. The van der Waals surface area contributed by atoms with Gasteiger partial charge in [-0.15, -0.1) is 0 Å². The Bertz CT molecular complexity index is 321. The Balaban J connectivity index is 1.88. The molecule has 0 bridgehead atoms. The van der Waals surface area contributed by atoms with Crippen LogP contribution in [0.5, 0.6) is 0 Å². The Morgan fingerprint density at radius 3 is 2.37 bits per heavy atom. The number of carbonyl (C=O) groups excluding carboxylic acids is 1.